The summed E-state index contributed by atoms with van der Waals surface area (Å²) in [6.45, 7) is 1.70. The van der Waals surface area contributed by atoms with Gasteiger partial charge in [0.05, 0.1) is 24.9 Å². The van der Waals surface area contributed by atoms with E-state index in [1.807, 2.05) is 42.5 Å². The van der Waals surface area contributed by atoms with Crippen LogP contribution in [0.4, 0.5) is 0 Å². The molecule has 0 saturated heterocycles. The number of fused-ring (bicyclic) bond motifs is 5. The van der Waals surface area contributed by atoms with Gasteiger partial charge in [-0.3, -0.25) is 20.0 Å². The minimum atomic E-state index is -0.391. The first-order valence-corrected chi connectivity index (χ1v) is 12.5. The van der Waals surface area contributed by atoms with Crippen molar-refractivity contribution in [2.75, 3.05) is 14.2 Å². The van der Waals surface area contributed by atoms with Gasteiger partial charge in [0.15, 0.2) is 0 Å². The summed E-state index contributed by atoms with van der Waals surface area (Å²) in [5.74, 6) is -0.570. The van der Waals surface area contributed by atoms with E-state index in [0.717, 1.165) is 40.6 Å². The number of hydrazine groups is 1. The number of benzene rings is 2. The maximum atomic E-state index is 13.4. The lowest BCUT2D eigenvalue weighted by Gasteiger charge is -2.24. The first kappa shape index (κ1) is 23.9. The number of likely N-dealkylation sites (N-methyl/N-ethyl adjacent to an activating group) is 1. The molecular formula is C29H31N3O4. The van der Waals surface area contributed by atoms with Crippen LogP contribution in [0.5, 0.6) is 0 Å². The Morgan fingerprint density at radius 3 is 2.53 bits per heavy atom. The van der Waals surface area contributed by atoms with Gasteiger partial charge in [0.25, 0.3) is 5.91 Å². The maximum Gasteiger partial charge on any atom is 0.337 e. The van der Waals surface area contributed by atoms with Crippen LogP contribution in [-0.4, -0.2) is 41.5 Å². The highest BCUT2D eigenvalue weighted by molar-refractivity contribution is 6.03. The molecule has 186 valence electrons. The molecule has 2 aliphatic rings. The lowest BCUT2D eigenvalue weighted by atomic mass is 9.81. The second-order valence-corrected chi connectivity index (χ2v) is 9.70. The van der Waals surface area contributed by atoms with Gasteiger partial charge in [-0.25, -0.2) is 4.79 Å². The Hall–Kier alpha value is -3.87. The zero-order valence-corrected chi connectivity index (χ0v) is 21.0. The molecule has 1 saturated carbocycles. The Balaban J connectivity index is 1.76. The summed E-state index contributed by atoms with van der Waals surface area (Å²) in [6, 6.07) is 13.9. The minimum absolute atomic E-state index is 0.280. The van der Waals surface area contributed by atoms with Crippen LogP contribution < -0.4 is 5.43 Å². The summed E-state index contributed by atoms with van der Waals surface area (Å²) in [5, 5.41) is 2.35. The van der Waals surface area contributed by atoms with Crippen molar-refractivity contribution in [3.8, 4) is 11.3 Å². The first-order chi connectivity index (χ1) is 17.4. The summed E-state index contributed by atoms with van der Waals surface area (Å²) < 4.78 is 7.17. The van der Waals surface area contributed by atoms with Crippen molar-refractivity contribution in [2.45, 2.75) is 51.5 Å². The minimum Gasteiger partial charge on any atom is -0.465 e. The molecule has 1 aliphatic carbocycles. The molecule has 0 unspecified atom stereocenters. The maximum absolute atomic E-state index is 13.4. The van der Waals surface area contributed by atoms with Crippen LogP contribution in [0.25, 0.3) is 28.2 Å². The smallest absolute Gasteiger partial charge is 0.337 e. The van der Waals surface area contributed by atoms with Crippen molar-refractivity contribution in [1.82, 2.24) is 15.0 Å². The number of nitrogens with zero attached hydrogens (tertiary/aromatic N) is 2. The van der Waals surface area contributed by atoms with Crippen molar-refractivity contribution in [2.24, 2.45) is 0 Å². The molecular weight excluding hydrogens is 454 g/mol. The van der Waals surface area contributed by atoms with E-state index in [1.165, 1.54) is 43.9 Å². The number of nitrogens with one attached hydrogen (secondary N) is 1. The van der Waals surface area contributed by atoms with Gasteiger partial charge in [0.2, 0.25) is 5.91 Å². The van der Waals surface area contributed by atoms with E-state index in [0.29, 0.717) is 23.6 Å². The standard InChI is InChI=1S/C29H31N3O4/c1-18(33)30-31(2)28(34)22-15-20-11-7-8-12-23(20)27-26(19-9-5-4-6-10-19)24-14-13-21(29(35)36-3)16-25(24)32(27)17-22/h7-8,11-16,19H,4-6,9-10,17H2,1-3H3,(H,30,33). The van der Waals surface area contributed by atoms with Gasteiger partial charge >= 0.3 is 5.97 Å². The summed E-state index contributed by atoms with van der Waals surface area (Å²) in [4.78, 5) is 37.5. The van der Waals surface area contributed by atoms with Gasteiger partial charge in [-0.1, -0.05) is 49.6 Å². The number of carbonyl (C=O) groups is 3. The van der Waals surface area contributed by atoms with E-state index < -0.39 is 5.97 Å². The third-order valence-corrected chi connectivity index (χ3v) is 7.32. The summed E-state index contributed by atoms with van der Waals surface area (Å²) in [7, 11) is 2.94. The number of ether oxygens (including phenoxy) is 1. The Morgan fingerprint density at radius 1 is 1.06 bits per heavy atom. The molecule has 1 N–H and O–H groups in total. The summed E-state index contributed by atoms with van der Waals surface area (Å²) in [5.41, 5.74) is 8.94. The highest BCUT2D eigenvalue weighted by atomic mass is 16.5. The van der Waals surface area contributed by atoms with Gasteiger partial charge in [-0.2, -0.15) is 0 Å². The Kier molecular flexibility index (Phi) is 6.39. The molecule has 0 spiro atoms. The highest BCUT2D eigenvalue weighted by Gasteiger charge is 2.31. The Labute approximate surface area is 210 Å². The topological polar surface area (TPSA) is 80.6 Å². The number of methoxy groups -OCH3 is 1. The normalized spacial score (nSPS) is 15.4. The van der Waals surface area contributed by atoms with E-state index in [-0.39, 0.29) is 11.8 Å². The lowest BCUT2D eigenvalue weighted by molar-refractivity contribution is -0.136. The molecule has 5 rings (SSSR count). The molecule has 0 radical (unpaired) electrons. The number of aromatic nitrogens is 1. The predicted molar refractivity (Wildman–Crippen MR) is 139 cm³/mol. The average Bonchev–Trinajstić information content (AvgIpc) is 3.10. The van der Waals surface area contributed by atoms with Crippen LogP contribution in [0.1, 0.15) is 66.4 Å². The lowest BCUT2D eigenvalue weighted by Crippen LogP contribution is -2.43. The number of rotatable bonds is 3. The van der Waals surface area contributed by atoms with E-state index in [9.17, 15) is 14.4 Å². The number of carbonyl (C=O) groups excluding carboxylic acids is 3. The molecule has 1 aromatic heterocycles. The van der Waals surface area contributed by atoms with Crippen LogP contribution in [0.3, 0.4) is 0 Å². The molecule has 2 aromatic carbocycles. The van der Waals surface area contributed by atoms with E-state index in [4.69, 9.17) is 4.74 Å². The fraction of sp³-hybridized carbons (Fsp3) is 0.345. The van der Waals surface area contributed by atoms with E-state index in [2.05, 4.69) is 16.1 Å². The molecule has 1 aliphatic heterocycles. The van der Waals surface area contributed by atoms with Crippen LogP contribution >= 0.6 is 0 Å². The molecule has 1 fully saturated rings. The number of hydrogen-bond acceptors (Lipinski definition) is 4. The van der Waals surface area contributed by atoms with Crippen LogP contribution in [0.15, 0.2) is 48.0 Å². The second-order valence-electron chi connectivity index (χ2n) is 9.70. The summed E-state index contributed by atoms with van der Waals surface area (Å²) in [6.07, 6.45) is 7.81. The second kappa shape index (κ2) is 9.64. The third-order valence-electron chi connectivity index (χ3n) is 7.32. The first-order valence-electron chi connectivity index (χ1n) is 12.5. The van der Waals surface area contributed by atoms with Crippen molar-refractivity contribution in [1.29, 1.82) is 0 Å². The highest BCUT2D eigenvalue weighted by Crippen LogP contribution is 2.46. The molecule has 36 heavy (non-hydrogen) atoms. The van der Waals surface area contributed by atoms with Crippen LogP contribution in [0, 0.1) is 0 Å². The zero-order chi connectivity index (χ0) is 25.4. The number of esters is 1. The van der Waals surface area contributed by atoms with E-state index >= 15 is 0 Å². The molecule has 0 bridgehead atoms. The van der Waals surface area contributed by atoms with Crippen LogP contribution in [-0.2, 0) is 20.9 Å². The SMILES string of the molecule is COC(=O)c1ccc2c(C3CCCCC3)c3n(c2c1)CC(C(=O)N(C)NC(C)=O)=Cc1ccccc1-3. The van der Waals surface area contributed by atoms with Crippen molar-refractivity contribution in [3.05, 3.63) is 64.7 Å². The predicted octanol–water partition coefficient (Wildman–Crippen LogP) is 5.05. The fourth-order valence-electron chi connectivity index (χ4n) is 5.75. The number of amides is 2. The van der Waals surface area contributed by atoms with Crippen molar-refractivity contribution >= 4 is 34.8 Å². The quantitative estimate of drug-likeness (QED) is 0.416. The fourth-order valence-corrected chi connectivity index (χ4v) is 5.75. The summed E-state index contributed by atoms with van der Waals surface area (Å²) >= 11 is 0. The third kappa shape index (κ3) is 4.19. The van der Waals surface area contributed by atoms with Crippen LogP contribution in [0.2, 0.25) is 0 Å². The molecule has 2 heterocycles. The average molecular weight is 486 g/mol. The van der Waals surface area contributed by atoms with Gasteiger partial charge in [0, 0.05) is 36.0 Å². The van der Waals surface area contributed by atoms with E-state index in [1.54, 1.807) is 7.05 Å². The monoisotopic (exact) mass is 485 g/mol. The van der Waals surface area contributed by atoms with Crippen molar-refractivity contribution < 1.29 is 19.1 Å². The largest absolute Gasteiger partial charge is 0.465 e. The van der Waals surface area contributed by atoms with Gasteiger partial charge in [-0.15, -0.1) is 0 Å². The van der Waals surface area contributed by atoms with Gasteiger partial charge in [-0.05, 0) is 48.1 Å². The molecule has 7 nitrogen and oxygen atoms in total. The Bertz CT molecular complexity index is 1400. The van der Waals surface area contributed by atoms with Gasteiger partial charge < -0.3 is 9.30 Å². The van der Waals surface area contributed by atoms with Crippen molar-refractivity contribution in [3.63, 3.8) is 0 Å². The molecule has 3 aromatic rings. The number of hydrogen-bond donors (Lipinski definition) is 1. The molecule has 7 heteroatoms. The Morgan fingerprint density at radius 2 is 1.81 bits per heavy atom. The molecule has 2 amide bonds. The van der Waals surface area contributed by atoms with Gasteiger partial charge in [0.1, 0.15) is 0 Å². The zero-order valence-electron chi connectivity index (χ0n) is 21.0. The molecule has 0 atom stereocenters.